The van der Waals surface area contributed by atoms with Crippen LogP contribution in [0.15, 0.2) is 28.7 Å². The number of carbonyl (C=O) groups excluding carboxylic acids is 1. The highest BCUT2D eigenvalue weighted by Gasteiger charge is 2.51. The van der Waals surface area contributed by atoms with E-state index < -0.39 is 0 Å². The van der Waals surface area contributed by atoms with Crippen molar-refractivity contribution in [2.75, 3.05) is 5.06 Å². The third kappa shape index (κ3) is 1.88. The molecular weight excluding hydrogens is 294 g/mol. The summed E-state index contributed by atoms with van der Waals surface area (Å²) in [5, 5.41) is 1.80. The minimum absolute atomic E-state index is 0.00125. The van der Waals surface area contributed by atoms with Gasteiger partial charge in [0.15, 0.2) is 5.78 Å². The van der Waals surface area contributed by atoms with Gasteiger partial charge in [-0.25, -0.2) is 5.06 Å². The van der Waals surface area contributed by atoms with Gasteiger partial charge in [0.2, 0.25) is 0 Å². The molecule has 0 spiro atoms. The van der Waals surface area contributed by atoms with Crippen molar-refractivity contribution in [3.8, 4) is 0 Å². The Morgan fingerprint density at radius 1 is 1.33 bits per heavy atom. The molecule has 96 valence electrons. The maximum absolute atomic E-state index is 12.1. The SMILES string of the molecule is CC1(C)C[C@@H]2C(=O)C[C@H]1ON2c1ccc(Br)cc1. The van der Waals surface area contributed by atoms with Crippen molar-refractivity contribution in [2.45, 2.75) is 38.8 Å². The molecule has 0 amide bonds. The smallest absolute Gasteiger partial charge is 0.160 e. The maximum Gasteiger partial charge on any atom is 0.160 e. The molecule has 2 heterocycles. The van der Waals surface area contributed by atoms with E-state index in [0.717, 1.165) is 16.6 Å². The zero-order chi connectivity index (χ0) is 12.9. The molecule has 3 fully saturated rings. The molecular formula is C14H16BrNO2. The van der Waals surface area contributed by atoms with Gasteiger partial charge in [0, 0.05) is 10.9 Å². The lowest BCUT2D eigenvalue weighted by molar-refractivity contribution is -0.160. The lowest BCUT2D eigenvalue weighted by Gasteiger charge is -2.52. The molecule has 1 saturated carbocycles. The van der Waals surface area contributed by atoms with Gasteiger partial charge in [-0.3, -0.25) is 9.63 Å². The second kappa shape index (κ2) is 4.07. The number of halogens is 1. The summed E-state index contributed by atoms with van der Waals surface area (Å²) in [5.74, 6) is 0.300. The van der Waals surface area contributed by atoms with Gasteiger partial charge in [0.05, 0.1) is 11.8 Å². The molecule has 1 aromatic rings. The van der Waals surface area contributed by atoms with Crippen LogP contribution in [-0.2, 0) is 9.63 Å². The largest absolute Gasteiger partial charge is 0.297 e. The molecule has 3 nitrogen and oxygen atoms in total. The van der Waals surface area contributed by atoms with Crippen LogP contribution in [-0.4, -0.2) is 17.9 Å². The predicted octanol–water partition coefficient (Wildman–Crippen LogP) is 3.33. The molecule has 3 aliphatic rings. The number of carbonyl (C=O) groups is 1. The molecule has 4 heteroatoms. The van der Waals surface area contributed by atoms with E-state index in [9.17, 15) is 4.79 Å². The van der Waals surface area contributed by atoms with Gasteiger partial charge >= 0.3 is 0 Å². The summed E-state index contributed by atoms with van der Waals surface area (Å²) < 4.78 is 1.03. The summed E-state index contributed by atoms with van der Waals surface area (Å²) in [4.78, 5) is 18.1. The molecule has 0 aromatic heterocycles. The van der Waals surface area contributed by atoms with Gasteiger partial charge in [-0.15, -0.1) is 0 Å². The van der Waals surface area contributed by atoms with Crippen LogP contribution in [0, 0.1) is 5.41 Å². The number of hydrogen-bond donors (Lipinski definition) is 0. The topological polar surface area (TPSA) is 29.5 Å². The van der Waals surface area contributed by atoms with Gasteiger partial charge in [0.25, 0.3) is 0 Å². The number of rotatable bonds is 1. The number of anilines is 1. The number of ketones is 1. The Morgan fingerprint density at radius 2 is 2.00 bits per heavy atom. The minimum Gasteiger partial charge on any atom is -0.297 e. The van der Waals surface area contributed by atoms with E-state index >= 15 is 0 Å². The van der Waals surface area contributed by atoms with Gasteiger partial charge in [0.1, 0.15) is 6.04 Å². The summed E-state index contributed by atoms with van der Waals surface area (Å²) in [6, 6.07) is 7.76. The summed E-state index contributed by atoms with van der Waals surface area (Å²) in [6.45, 7) is 4.35. The van der Waals surface area contributed by atoms with Crippen molar-refractivity contribution in [3.05, 3.63) is 28.7 Å². The van der Waals surface area contributed by atoms with E-state index in [2.05, 4.69) is 29.8 Å². The van der Waals surface area contributed by atoms with Crippen LogP contribution >= 0.6 is 15.9 Å². The van der Waals surface area contributed by atoms with Gasteiger partial charge in [-0.2, -0.15) is 0 Å². The van der Waals surface area contributed by atoms with Crippen LogP contribution in [0.4, 0.5) is 5.69 Å². The van der Waals surface area contributed by atoms with Crippen molar-refractivity contribution in [1.29, 1.82) is 0 Å². The zero-order valence-corrected chi connectivity index (χ0v) is 12.1. The molecule has 0 N–H and O–H groups in total. The van der Waals surface area contributed by atoms with Gasteiger partial charge in [-0.05, 0) is 36.1 Å². The quantitative estimate of drug-likeness (QED) is 0.797. The molecule has 0 unspecified atom stereocenters. The summed E-state index contributed by atoms with van der Waals surface area (Å²) in [5.41, 5.74) is 1.04. The molecule has 2 aliphatic heterocycles. The van der Waals surface area contributed by atoms with E-state index in [0.29, 0.717) is 12.2 Å². The fourth-order valence-electron chi connectivity index (χ4n) is 2.77. The summed E-state index contributed by atoms with van der Waals surface area (Å²) >= 11 is 3.41. The van der Waals surface area contributed by atoms with E-state index in [1.807, 2.05) is 24.3 Å². The first kappa shape index (κ1) is 12.2. The minimum atomic E-state index is -0.133. The van der Waals surface area contributed by atoms with Crippen LogP contribution in [0.5, 0.6) is 0 Å². The van der Waals surface area contributed by atoms with Gasteiger partial charge in [-0.1, -0.05) is 29.8 Å². The fourth-order valence-corrected chi connectivity index (χ4v) is 3.04. The van der Waals surface area contributed by atoms with E-state index in [4.69, 9.17) is 4.84 Å². The highest BCUT2D eigenvalue weighted by Crippen LogP contribution is 2.44. The molecule has 2 atom stereocenters. The number of nitrogens with zero attached hydrogens (tertiary/aromatic N) is 1. The Kier molecular flexibility index (Phi) is 2.75. The fraction of sp³-hybridized carbons (Fsp3) is 0.500. The summed E-state index contributed by atoms with van der Waals surface area (Å²) in [6.07, 6.45) is 1.41. The van der Waals surface area contributed by atoms with E-state index in [-0.39, 0.29) is 17.6 Å². The van der Waals surface area contributed by atoms with Crippen molar-refractivity contribution < 1.29 is 9.63 Å². The van der Waals surface area contributed by atoms with Crippen molar-refractivity contribution >= 4 is 27.4 Å². The molecule has 18 heavy (non-hydrogen) atoms. The first-order valence-electron chi connectivity index (χ1n) is 6.22. The second-order valence-corrected chi connectivity index (χ2v) is 6.69. The number of benzene rings is 1. The Morgan fingerprint density at radius 3 is 2.61 bits per heavy atom. The molecule has 0 radical (unpaired) electrons. The maximum atomic E-state index is 12.1. The average Bonchev–Trinajstić information content (AvgIpc) is 2.31. The number of Topliss-reactive ketones (excluding diaryl/α,β-unsaturated/α-hetero) is 1. The third-order valence-electron chi connectivity index (χ3n) is 3.95. The lowest BCUT2D eigenvalue weighted by Crippen LogP contribution is -2.61. The van der Waals surface area contributed by atoms with Crippen LogP contribution < -0.4 is 5.06 Å². The molecule has 1 aromatic carbocycles. The Labute approximate surface area is 115 Å². The second-order valence-electron chi connectivity index (χ2n) is 5.78. The number of hydroxylamine groups is 1. The summed E-state index contributed by atoms with van der Waals surface area (Å²) in [7, 11) is 0. The molecule has 4 rings (SSSR count). The van der Waals surface area contributed by atoms with Crippen molar-refractivity contribution in [3.63, 3.8) is 0 Å². The van der Waals surface area contributed by atoms with Crippen molar-refractivity contribution in [2.24, 2.45) is 5.41 Å². The highest BCUT2D eigenvalue weighted by molar-refractivity contribution is 9.10. The standard InChI is InChI=1S/C14H16BrNO2/c1-14(2)8-11-12(17)7-13(14)18-16(11)10-5-3-9(15)4-6-10/h3-6,11,13H,7-8H2,1-2H3/t11-,13-/m1/s1. The van der Waals surface area contributed by atoms with Crippen LogP contribution in [0.3, 0.4) is 0 Å². The molecule has 2 bridgehead atoms. The monoisotopic (exact) mass is 309 g/mol. The van der Waals surface area contributed by atoms with E-state index in [1.165, 1.54) is 0 Å². The predicted molar refractivity (Wildman–Crippen MR) is 73.3 cm³/mol. The molecule has 2 saturated heterocycles. The highest BCUT2D eigenvalue weighted by atomic mass is 79.9. The van der Waals surface area contributed by atoms with Crippen LogP contribution in [0.25, 0.3) is 0 Å². The van der Waals surface area contributed by atoms with Crippen LogP contribution in [0.1, 0.15) is 26.7 Å². The third-order valence-corrected chi connectivity index (χ3v) is 4.48. The first-order chi connectivity index (χ1) is 8.47. The molecule has 1 aliphatic carbocycles. The number of fused-ring (bicyclic) bond motifs is 3. The first-order valence-corrected chi connectivity index (χ1v) is 7.01. The lowest BCUT2D eigenvalue weighted by atomic mass is 9.71. The average molecular weight is 310 g/mol. The Hall–Kier alpha value is -0.870. The Balaban J connectivity index is 1.92. The number of hydrogen-bond acceptors (Lipinski definition) is 3. The van der Waals surface area contributed by atoms with E-state index in [1.54, 1.807) is 5.06 Å². The zero-order valence-electron chi connectivity index (χ0n) is 10.5. The normalized spacial score (nSPS) is 29.7. The van der Waals surface area contributed by atoms with Crippen molar-refractivity contribution in [1.82, 2.24) is 0 Å². The Bertz CT molecular complexity index is 483. The van der Waals surface area contributed by atoms with Crippen LogP contribution in [0.2, 0.25) is 0 Å². The van der Waals surface area contributed by atoms with Gasteiger partial charge < -0.3 is 0 Å².